The van der Waals surface area contributed by atoms with Gasteiger partial charge in [-0.3, -0.25) is 0 Å². The van der Waals surface area contributed by atoms with Gasteiger partial charge in [0.25, 0.3) is 0 Å². The molecule has 0 bridgehead atoms. The highest BCUT2D eigenvalue weighted by molar-refractivity contribution is 7.16. The number of aryl methyl sites for hydroxylation is 1. The Balaban J connectivity index is 2.13. The van der Waals surface area contributed by atoms with Crippen LogP contribution in [0.2, 0.25) is 4.34 Å². The zero-order chi connectivity index (χ0) is 12.4. The molecule has 1 fully saturated rings. The number of halogens is 1. The lowest BCUT2D eigenvalue weighted by Gasteiger charge is -2.24. The molecule has 2 rings (SSSR count). The summed E-state index contributed by atoms with van der Waals surface area (Å²) in [6.45, 7) is 7.80. The predicted molar refractivity (Wildman–Crippen MR) is 77.0 cm³/mol. The van der Waals surface area contributed by atoms with E-state index in [4.69, 9.17) is 11.6 Å². The molecule has 1 aliphatic carbocycles. The highest BCUT2D eigenvalue weighted by Gasteiger charge is 2.34. The van der Waals surface area contributed by atoms with Crippen molar-refractivity contribution in [3.05, 3.63) is 20.8 Å². The van der Waals surface area contributed by atoms with E-state index in [-0.39, 0.29) is 0 Å². The lowest BCUT2D eigenvalue weighted by atomic mass is 9.95. The minimum Gasteiger partial charge on any atom is -0.309 e. The summed E-state index contributed by atoms with van der Waals surface area (Å²) in [4.78, 5) is 1.42. The maximum Gasteiger partial charge on any atom is 0.0960 e. The Kier molecular flexibility index (Phi) is 4.51. The van der Waals surface area contributed by atoms with E-state index in [1.165, 1.54) is 29.7 Å². The highest BCUT2D eigenvalue weighted by Crippen LogP contribution is 2.44. The third-order valence-corrected chi connectivity index (χ3v) is 5.33. The summed E-state index contributed by atoms with van der Waals surface area (Å²) in [5.41, 5.74) is 1.22. The molecule has 3 heteroatoms. The Labute approximate surface area is 114 Å². The molecule has 17 heavy (non-hydrogen) atoms. The first-order valence-corrected chi connectivity index (χ1v) is 7.82. The maximum absolute atomic E-state index is 6.20. The van der Waals surface area contributed by atoms with E-state index in [1.54, 1.807) is 11.3 Å². The molecule has 1 aliphatic rings. The molecule has 96 valence electrons. The lowest BCUT2D eigenvalue weighted by Crippen LogP contribution is -2.28. The molecule has 1 aromatic rings. The molecular weight excluding hydrogens is 250 g/mol. The summed E-state index contributed by atoms with van der Waals surface area (Å²) in [5, 5.41) is 3.70. The summed E-state index contributed by atoms with van der Waals surface area (Å²) in [7, 11) is 0. The smallest absolute Gasteiger partial charge is 0.0960 e. The minimum absolute atomic E-state index is 0.499. The van der Waals surface area contributed by atoms with Crippen LogP contribution < -0.4 is 5.32 Å². The number of nitrogens with one attached hydrogen (secondary N) is 1. The number of thiophene rings is 1. The van der Waals surface area contributed by atoms with Crippen LogP contribution in [0.3, 0.4) is 0 Å². The second-order valence-corrected chi connectivity index (χ2v) is 6.92. The van der Waals surface area contributed by atoms with E-state index in [0.29, 0.717) is 6.04 Å². The van der Waals surface area contributed by atoms with E-state index in [0.717, 1.165) is 22.7 Å². The van der Waals surface area contributed by atoms with Gasteiger partial charge in [0.1, 0.15) is 0 Å². The Morgan fingerprint density at radius 2 is 2.24 bits per heavy atom. The molecule has 0 radical (unpaired) electrons. The van der Waals surface area contributed by atoms with Crippen LogP contribution >= 0.6 is 22.9 Å². The SMILES string of the molecule is CCCNC(c1cc(C)c(Cl)s1)C(C)C1CC1. The molecule has 0 amide bonds. The Bertz CT molecular complexity index is 351. The maximum atomic E-state index is 6.20. The van der Waals surface area contributed by atoms with Crippen LogP contribution in [0.25, 0.3) is 0 Å². The van der Waals surface area contributed by atoms with E-state index < -0.39 is 0 Å². The average Bonchev–Trinajstić information content (AvgIpc) is 3.08. The fourth-order valence-electron chi connectivity index (χ4n) is 2.38. The van der Waals surface area contributed by atoms with Crippen molar-refractivity contribution in [1.29, 1.82) is 0 Å². The van der Waals surface area contributed by atoms with Crippen molar-refractivity contribution < 1.29 is 0 Å². The minimum atomic E-state index is 0.499. The molecule has 2 atom stereocenters. The Morgan fingerprint density at radius 1 is 1.53 bits per heavy atom. The van der Waals surface area contributed by atoms with Crippen molar-refractivity contribution in [2.75, 3.05) is 6.54 Å². The fraction of sp³-hybridized carbons (Fsp3) is 0.714. The summed E-state index contributed by atoms with van der Waals surface area (Å²) in [6, 6.07) is 2.76. The number of hydrogen-bond acceptors (Lipinski definition) is 2. The molecule has 1 saturated carbocycles. The monoisotopic (exact) mass is 271 g/mol. The largest absolute Gasteiger partial charge is 0.309 e. The van der Waals surface area contributed by atoms with Crippen molar-refractivity contribution in [2.45, 2.75) is 46.1 Å². The number of rotatable bonds is 6. The van der Waals surface area contributed by atoms with Gasteiger partial charge in [-0.05, 0) is 56.2 Å². The first-order valence-electron chi connectivity index (χ1n) is 6.62. The van der Waals surface area contributed by atoms with Crippen LogP contribution in [0.4, 0.5) is 0 Å². The first-order chi connectivity index (χ1) is 8.13. The molecule has 1 heterocycles. The third-order valence-electron chi connectivity index (χ3n) is 3.69. The standard InChI is InChI=1S/C14H22ClNS/c1-4-7-16-13(10(3)11-5-6-11)12-8-9(2)14(15)17-12/h8,10-11,13,16H,4-7H2,1-3H3. The van der Waals surface area contributed by atoms with Crippen LogP contribution in [0.1, 0.15) is 49.6 Å². The molecule has 1 N–H and O–H groups in total. The van der Waals surface area contributed by atoms with Crippen molar-refractivity contribution in [3.63, 3.8) is 0 Å². The van der Waals surface area contributed by atoms with Gasteiger partial charge in [-0.25, -0.2) is 0 Å². The summed E-state index contributed by atoms with van der Waals surface area (Å²) < 4.78 is 0.950. The predicted octanol–water partition coefficient (Wildman–Crippen LogP) is 4.80. The van der Waals surface area contributed by atoms with Crippen LogP contribution in [0, 0.1) is 18.8 Å². The van der Waals surface area contributed by atoms with Gasteiger partial charge in [-0.2, -0.15) is 0 Å². The second-order valence-electron chi connectivity index (χ2n) is 5.23. The van der Waals surface area contributed by atoms with Gasteiger partial charge in [-0.15, -0.1) is 11.3 Å². The Morgan fingerprint density at radius 3 is 2.71 bits per heavy atom. The van der Waals surface area contributed by atoms with Gasteiger partial charge in [0, 0.05) is 10.9 Å². The molecule has 1 nitrogen and oxygen atoms in total. The quantitative estimate of drug-likeness (QED) is 0.784. The molecular formula is C14H22ClNS. The van der Waals surface area contributed by atoms with Gasteiger partial charge >= 0.3 is 0 Å². The zero-order valence-corrected chi connectivity index (χ0v) is 12.5. The van der Waals surface area contributed by atoms with Gasteiger partial charge in [0.05, 0.1) is 4.34 Å². The van der Waals surface area contributed by atoms with E-state index in [2.05, 4.69) is 32.2 Å². The van der Waals surface area contributed by atoms with E-state index >= 15 is 0 Å². The molecule has 0 aromatic carbocycles. The van der Waals surface area contributed by atoms with Crippen molar-refractivity contribution >= 4 is 22.9 Å². The Hall–Kier alpha value is -0.0500. The first kappa shape index (κ1) is 13.4. The van der Waals surface area contributed by atoms with Gasteiger partial charge in [0.2, 0.25) is 0 Å². The highest BCUT2D eigenvalue weighted by atomic mass is 35.5. The van der Waals surface area contributed by atoms with Crippen molar-refractivity contribution in [2.24, 2.45) is 11.8 Å². The summed E-state index contributed by atoms with van der Waals surface area (Å²) in [5.74, 6) is 1.65. The fourth-order valence-corrected chi connectivity index (χ4v) is 3.79. The molecule has 2 unspecified atom stereocenters. The van der Waals surface area contributed by atoms with E-state index in [1.807, 2.05) is 0 Å². The van der Waals surface area contributed by atoms with Gasteiger partial charge < -0.3 is 5.32 Å². The molecule has 0 spiro atoms. The van der Waals surface area contributed by atoms with Gasteiger partial charge in [-0.1, -0.05) is 25.4 Å². The molecule has 1 aromatic heterocycles. The van der Waals surface area contributed by atoms with Crippen molar-refractivity contribution in [1.82, 2.24) is 5.32 Å². The number of hydrogen-bond donors (Lipinski definition) is 1. The van der Waals surface area contributed by atoms with Crippen LogP contribution in [0.15, 0.2) is 6.07 Å². The lowest BCUT2D eigenvalue weighted by molar-refractivity contribution is 0.354. The normalized spacial score (nSPS) is 19.3. The van der Waals surface area contributed by atoms with Crippen LogP contribution in [-0.2, 0) is 0 Å². The third kappa shape index (κ3) is 3.24. The van der Waals surface area contributed by atoms with Crippen LogP contribution in [0.5, 0.6) is 0 Å². The molecule has 0 aliphatic heterocycles. The second kappa shape index (κ2) is 5.73. The topological polar surface area (TPSA) is 12.0 Å². The average molecular weight is 272 g/mol. The summed E-state index contributed by atoms with van der Waals surface area (Å²) >= 11 is 7.95. The van der Waals surface area contributed by atoms with Crippen molar-refractivity contribution in [3.8, 4) is 0 Å². The van der Waals surface area contributed by atoms with Crippen LogP contribution in [-0.4, -0.2) is 6.54 Å². The van der Waals surface area contributed by atoms with Gasteiger partial charge in [0.15, 0.2) is 0 Å². The zero-order valence-electron chi connectivity index (χ0n) is 10.9. The molecule has 0 saturated heterocycles. The van der Waals surface area contributed by atoms with E-state index in [9.17, 15) is 0 Å². The summed E-state index contributed by atoms with van der Waals surface area (Å²) in [6.07, 6.45) is 4.00.